The summed E-state index contributed by atoms with van der Waals surface area (Å²) in [7, 11) is 0. The van der Waals surface area contributed by atoms with Crippen LogP contribution < -0.4 is 5.32 Å². The first-order valence-electron chi connectivity index (χ1n) is 6.12. The van der Waals surface area contributed by atoms with Gasteiger partial charge in [0.05, 0.1) is 11.9 Å². The molecule has 0 aliphatic carbocycles. The van der Waals surface area contributed by atoms with E-state index < -0.39 is 12.8 Å². The zero-order valence-electron chi connectivity index (χ0n) is 10.6. The van der Waals surface area contributed by atoms with Crippen molar-refractivity contribution in [1.29, 1.82) is 0 Å². The molecule has 1 aliphatic rings. The summed E-state index contributed by atoms with van der Waals surface area (Å²) in [4.78, 5) is 12.9. The molecular formula is C13H14F3NO2S. The average Bonchev–Trinajstić information content (AvgIpc) is 2.80. The van der Waals surface area contributed by atoms with Crippen molar-refractivity contribution >= 4 is 17.7 Å². The van der Waals surface area contributed by atoms with E-state index in [2.05, 4.69) is 10.1 Å². The topological polar surface area (TPSA) is 38.3 Å². The highest BCUT2D eigenvalue weighted by molar-refractivity contribution is 8.01. The molecule has 7 heteroatoms. The molecule has 0 fully saturated rings. The van der Waals surface area contributed by atoms with Crippen molar-refractivity contribution < 1.29 is 22.7 Å². The summed E-state index contributed by atoms with van der Waals surface area (Å²) in [5.41, 5.74) is 1.13. The third kappa shape index (κ3) is 4.42. The van der Waals surface area contributed by atoms with E-state index in [0.29, 0.717) is 6.42 Å². The van der Waals surface area contributed by atoms with Gasteiger partial charge in [-0.05, 0) is 18.1 Å². The van der Waals surface area contributed by atoms with Crippen LogP contribution in [-0.4, -0.2) is 37.1 Å². The number of rotatable bonds is 5. The number of hydrogen-bond donors (Lipinski definition) is 1. The molecule has 3 nitrogen and oxygen atoms in total. The molecule has 110 valence electrons. The molecule has 0 spiro atoms. The standard InChI is InChI=1S/C13H14F3NO2S/c14-13(15,16)8-19-6-5-17-12(18)11-7-9-3-1-2-4-10(9)20-11/h1-4,11H,5-8H2,(H,17,18). The molecule has 1 N–H and O–H groups in total. The van der Waals surface area contributed by atoms with E-state index in [0.717, 1.165) is 10.5 Å². The Kier molecular flexibility index (Phi) is 4.93. The van der Waals surface area contributed by atoms with Crippen LogP contribution in [0.3, 0.4) is 0 Å². The molecule has 0 saturated heterocycles. The van der Waals surface area contributed by atoms with Crippen LogP contribution in [0.5, 0.6) is 0 Å². The first-order valence-corrected chi connectivity index (χ1v) is 7.00. The Morgan fingerprint density at radius 3 is 2.85 bits per heavy atom. The smallest absolute Gasteiger partial charge is 0.370 e. The quantitative estimate of drug-likeness (QED) is 0.849. The first kappa shape index (κ1) is 15.2. The fourth-order valence-corrected chi connectivity index (χ4v) is 3.10. The van der Waals surface area contributed by atoms with E-state index in [1.54, 1.807) is 0 Å². The minimum atomic E-state index is -4.33. The molecular weight excluding hydrogens is 291 g/mol. The van der Waals surface area contributed by atoms with E-state index in [9.17, 15) is 18.0 Å². The lowest BCUT2D eigenvalue weighted by Crippen LogP contribution is -2.35. The van der Waals surface area contributed by atoms with Crippen molar-refractivity contribution in [3.8, 4) is 0 Å². The molecule has 2 rings (SSSR count). The molecule has 1 atom stereocenters. The molecule has 1 heterocycles. The molecule has 1 aromatic rings. The highest BCUT2D eigenvalue weighted by Gasteiger charge is 2.28. The van der Waals surface area contributed by atoms with Crippen molar-refractivity contribution in [1.82, 2.24) is 5.32 Å². The van der Waals surface area contributed by atoms with Crippen molar-refractivity contribution in [2.45, 2.75) is 22.7 Å². The van der Waals surface area contributed by atoms with Gasteiger partial charge in [0, 0.05) is 11.4 Å². The number of ether oxygens (including phenoxy) is 1. The van der Waals surface area contributed by atoms with Gasteiger partial charge in [-0.3, -0.25) is 4.79 Å². The van der Waals surface area contributed by atoms with Gasteiger partial charge in [-0.1, -0.05) is 18.2 Å². The van der Waals surface area contributed by atoms with Crippen LogP contribution in [0.25, 0.3) is 0 Å². The summed E-state index contributed by atoms with van der Waals surface area (Å²) >= 11 is 1.48. The number of thioether (sulfide) groups is 1. The second-order valence-corrected chi connectivity index (χ2v) is 5.62. The Bertz CT molecular complexity index is 454. The van der Waals surface area contributed by atoms with Gasteiger partial charge in [0.15, 0.2) is 0 Å². The molecule has 20 heavy (non-hydrogen) atoms. The maximum atomic E-state index is 11.9. The van der Waals surface area contributed by atoms with Gasteiger partial charge < -0.3 is 10.1 Å². The van der Waals surface area contributed by atoms with E-state index in [1.165, 1.54) is 11.8 Å². The third-order valence-corrected chi connectivity index (χ3v) is 4.07. The Labute approximate surface area is 118 Å². The molecule has 0 aromatic heterocycles. The van der Waals surface area contributed by atoms with Gasteiger partial charge in [0.25, 0.3) is 0 Å². The molecule has 0 radical (unpaired) electrons. The Morgan fingerprint density at radius 2 is 2.15 bits per heavy atom. The van der Waals surface area contributed by atoms with Crippen LogP contribution in [0.4, 0.5) is 13.2 Å². The summed E-state index contributed by atoms with van der Waals surface area (Å²) < 4.78 is 39.9. The zero-order chi connectivity index (χ0) is 14.6. The van der Waals surface area contributed by atoms with Gasteiger partial charge >= 0.3 is 6.18 Å². The number of hydrogen-bond acceptors (Lipinski definition) is 3. The van der Waals surface area contributed by atoms with Crippen molar-refractivity contribution in [2.75, 3.05) is 19.8 Å². The predicted molar refractivity (Wildman–Crippen MR) is 69.7 cm³/mol. The number of alkyl halides is 3. The minimum Gasteiger partial charge on any atom is -0.370 e. The number of carbonyl (C=O) groups excluding carboxylic acids is 1. The Hall–Kier alpha value is -1.21. The molecule has 1 aromatic carbocycles. The number of nitrogens with one attached hydrogen (secondary N) is 1. The lowest BCUT2D eigenvalue weighted by molar-refractivity contribution is -0.173. The second kappa shape index (κ2) is 6.49. The lowest BCUT2D eigenvalue weighted by Gasteiger charge is -2.11. The summed E-state index contributed by atoms with van der Waals surface area (Å²) in [5, 5.41) is 2.38. The number of halogens is 3. The minimum absolute atomic E-state index is 0.0856. The summed E-state index contributed by atoms with van der Waals surface area (Å²) in [6, 6.07) is 7.77. The summed E-state index contributed by atoms with van der Waals surface area (Å²) in [6.45, 7) is -1.34. The highest BCUT2D eigenvalue weighted by Crippen LogP contribution is 2.36. The maximum Gasteiger partial charge on any atom is 0.411 e. The average molecular weight is 305 g/mol. The van der Waals surface area contributed by atoms with Crippen LogP contribution in [0.2, 0.25) is 0 Å². The number of carbonyl (C=O) groups is 1. The fourth-order valence-electron chi connectivity index (χ4n) is 1.88. The Balaban J connectivity index is 1.67. The number of fused-ring (bicyclic) bond motifs is 1. The number of amides is 1. The number of benzene rings is 1. The fraction of sp³-hybridized carbons (Fsp3) is 0.462. The predicted octanol–water partition coefficient (Wildman–Crippen LogP) is 2.40. The van der Waals surface area contributed by atoms with Gasteiger partial charge in [0.1, 0.15) is 6.61 Å². The van der Waals surface area contributed by atoms with Crippen molar-refractivity contribution in [3.05, 3.63) is 29.8 Å². The lowest BCUT2D eigenvalue weighted by atomic mass is 10.1. The highest BCUT2D eigenvalue weighted by atomic mass is 32.2. The molecule has 1 amide bonds. The largest absolute Gasteiger partial charge is 0.411 e. The molecule has 0 saturated carbocycles. The first-order chi connectivity index (χ1) is 9.46. The van der Waals surface area contributed by atoms with Crippen LogP contribution in [0, 0.1) is 0 Å². The second-order valence-electron chi connectivity index (χ2n) is 4.38. The molecule has 1 unspecified atom stereocenters. The zero-order valence-corrected chi connectivity index (χ0v) is 11.4. The van der Waals surface area contributed by atoms with Crippen LogP contribution in [-0.2, 0) is 16.0 Å². The van der Waals surface area contributed by atoms with Gasteiger partial charge in [0.2, 0.25) is 5.91 Å². The Morgan fingerprint density at radius 1 is 1.40 bits per heavy atom. The van der Waals surface area contributed by atoms with Gasteiger partial charge in [-0.25, -0.2) is 0 Å². The van der Waals surface area contributed by atoms with Crippen LogP contribution >= 0.6 is 11.8 Å². The normalized spacial score (nSPS) is 17.9. The monoisotopic (exact) mass is 305 g/mol. The SMILES string of the molecule is O=C(NCCOCC(F)(F)F)C1Cc2ccccc2S1. The molecule has 1 aliphatic heterocycles. The van der Waals surface area contributed by atoms with E-state index in [4.69, 9.17) is 0 Å². The van der Waals surface area contributed by atoms with E-state index in [1.807, 2.05) is 24.3 Å². The van der Waals surface area contributed by atoms with Crippen molar-refractivity contribution in [3.63, 3.8) is 0 Å². The summed E-state index contributed by atoms with van der Waals surface area (Å²) in [6.07, 6.45) is -3.68. The van der Waals surface area contributed by atoms with Crippen molar-refractivity contribution in [2.24, 2.45) is 0 Å². The third-order valence-electron chi connectivity index (χ3n) is 2.75. The maximum absolute atomic E-state index is 11.9. The summed E-state index contributed by atoms with van der Waals surface area (Å²) in [5.74, 6) is -0.165. The van der Waals surface area contributed by atoms with Gasteiger partial charge in [-0.2, -0.15) is 13.2 Å². The van der Waals surface area contributed by atoms with E-state index in [-0.39, 0.29) is 24.3 Å². The van der Waals surface area contributed by atoms with Gasteiger partial charge in [-0.15, -0.1) is 11.8 Å². The molecule has 0 bridgehead atoms. The van der Waals surface area contributed by atoms with E-state index >= 15 is 0 Å². The van der Waals surface area contributed by atoms with Crippen LogP contribution in [0.15, 0.2) is 29.2 Å². The van der Waals surface area contributed by atoms with Crippen LogP contribution in [0.1, 0.15) is 5.56 Å².